The summed E-state index contributed by atoms with van der Waals surface area (Å²) >= 11 is 1.94. The average molecular weight is 299 g/mol. The number of benzene rings is 1. The predicted octanol–water partition coefficient (Wildman–Crippen LogP) is 5.06. The van der Waals surface area contributed by atoms with E-state index in [2.05, 4.69) is 56.4 Å². The second-order valence-corrected chi connectivity index (χ2v) is 8.86. The van der Waals surface area contributed by atoms with Gasteiger partial charge in [-0.1, -0.05) is 39.0 Å². The highest BCUT2D eigenvalue weighted by atomic mass is 32.1. The number of rotatable bonds is 3. The SMILES string of the molecule is CC1C(NCc2cc3ccccc3s2)CC2CC1C2(C)C. The highest BCUT2D eigenvalue weighted by Crippen LogP contribution is 2.61. The Morgan fingerprint density at radius 1 is 1.24 bits per heavy atom. The standard InChI is InChI=1S/C19H25NS/c1-12-16-9-14(19(16,2)3)10-17(12)20-11-15-8-13-6-4-5-7-18(13)21-15/h4-8,12,14,16-17,20H,9-11H2,1-3H3. The molecule has 2 aromatic rings. The van der Waals surface area contributed by atoms with Gasteiger partial charge in [-0.2, -0.15) is 0 Å². The lowest BCUT2D eigenvalue weighted by molar-refractivity contribution is -0.115. The Kier molecular flexibility index (Phi) is 3.16. The van der Waals surface area contributed by atoms with Crippen LogP contribution in [0.1, 0.15) is 38.5 Å². The molecule has 2 bridgehead atoms. The van der Waals surface area contributed by atoms with E-state index in [0.717, 1.165) is 24.3 Å². The van der Waals surface area contributed by atoms with Crippen LogP contribution in [0.15, 0.2) is 30.3 Å². The van der Waals surface area contributed by atoms with Crippen LogP contribution in [0.3, 0.4) is 0 Å². The van der Waals surface area contributed by atoms with Gasteiger partial charge in [0.1, 0.15) is 0 Å². The Labute approximate surface area is 131 Å². The second-order valence-electron chi connectivity index (χ2n) is 7.69. The van der Waals surface area contributed by atoms with Crippen molar-refractivity contribution < 1.29 is 0 Å². The van der Waals surface area contributed by atoms with Gasteiger partial charge >= 0.3 is 0 Å². The monoisotopic (exact) mass is 299 g/mol. The van der Waals surface area contributed by atoms with Crippen molar-refractivity contribution in [1.82, 2.24) is 5.32 Å². The van der Waals surface area contributed by atoms with E-state index in [9.17, 15) is 0 Å². The number of fused-ring (bicyclic) bond motifs is 3. The lowest BCUT2D eigenvalue weighted by Crippen LogP contribution is -2.59. The van der Waals surface area contributed by atoms with Crippen molar-refractivity contribution in [3.63, 3.8) is 0 Å². The van der Waals surface area contributed by atoms with Gasteiger partial charge in [-0.25, -0.2) is 0 Å². The van der Waals surface area contributed by atoms with Crippen molar-refractivity contribution in [1.29, 1.82) is 0 Å². The van der Waals surface area contributed by atoms with Gasteiger partial charge in [-0.15, -0.1) is 11.3 Å². The Morgan fingerprint density at radius 2 is 2.05 bits per heavy atom. The summed E-state index contributed by atoms with van der Waals surface area (Å²) in [4.78, 5) is 1.47. The van der Waals surface area contributed by atoms with Crippen molar-refractivity contribution in [3.05, 3.63) is 35.2 Å². The number of nitrogens with one attached hydrogen (secondary N) is 1. The number of hydrogen-bond acceptors (Lipinski definition) is 2. The zero-order valence-electron chi connectivity index (χ0n) is 13.2. The molecule has 3 saturated carbocycles. The van der Waals surface area contributed by atoms with Crippen molar-refractivity contribution in [3.8, 4) is 0 Å². The summed E-state index contributed by atoms with van der Waals surface area (Å²) in [7, 11) is 0. The van der Waals surface area contributed by atoms with E-state index in [4.69, 9.17) is 0 Å². The highest BCUT2D eigenvalue weighted by Gasteiger charge is 2.55. The zero-order chi connectivity index (χ0) is 14.6. The first kappa shape index (κ1) is 13.8. The fourth-order valence-electron chi connectivity index (χ4n) is 4.77. The molecule has 4 atom stereocenters. The minimum atomic E-state index is 0.592. The van der Waals surface area contributed by atoms with E-state index in [1.807, 2.05) is 11.3 Å². The molecule has 4 unspecified atom stereocenters. The topological polar surface area (TPSA) is 12.0 Å². The Morgan fingerprint density at radius 3 is 2.76 bits per heavy atom. The molecule has 2 heteroatoms. The van der Waals surface area contributed by atoms with Gasteiger partial charge in [0.2, 0.25) is 0 Å². The van der Waals surface area contributed by atoms with E-state index in [-0.39, 0.29) is 0 Å². The summed E-state index contributed by atoms with van der Waals surface area (Å²) in [6.07, 6.45) is 2.84. The summed E-state index contributed by atoms with van der Waals surface area (Å²) in [5.74, 6) is 2.69. The van der Waals surface area contributed by atoms with Crippen LogP contribution in [0, 0.1) is 23.2 Å². The van der Waals surface area contributed by atoms with Crippen molar-refractivity contribution >= 4 is 21.4 Å². The van der Waals surface area contributed by atoms with E-state index in [1.165, 1.54) is 27.8 Å². The molecular weight excluding hydrogens is 274 g/mol. The van der Waals surface area contributed by atoms with Crippen molar-refractivity contribution in [2.45, 2.75) is 46.2 Å². The van der Waals surface area contributed by atoms with E-state index >= 15 is 0 Å². The maximum Gasteiger partial charge on any atom is 0.0346 e. The molecule has 5 rings (SSSR count). The van der Waals surface area contributed by atoms with Crippen molar-refractivity contribution in [2.75, 3.05) is 0 Å². The Hall–Kier alpha value is -0.860. The molecule has 112 valence electrons. The van der Waals surface area contributed by atoms with Gasteiger partial charge < -0.3 is 5.32 Å². The molecular formula is C19H25NS. The summed E-state index contributed by atoms with van der Waals surface area (Å²) in [6.45, 7) is 8.45. The lowest BCUT2D eigenvalue weighted by Gasteiger charge is -2.62. The predicted molar refractivity (Wildman–Crippen MR) is 91.6 cm³/mol. The van der Waals surface area contributed by atoms with Crippen LogP contribution in [0.25, 0.3) is 10.1 Å². The third kappa shape index (κ3) is 2.15. The quantitative estimate of drug-likeness (QED) is 0.835. The van der Waals surface area contributed by atoms with Gasteiger partial charge in [0.25, 0.3) is 0 Å². The largest absolute Gasteiger partial charge is 0.309 e. The normalized spacial score (nSPS) is 33.9. The lowest BCUT2D eigenvalue weighted by atomic mass is 9.45. The first-order valence-electron chi connectivity index (χ1n) is 8.26. The summed E-state index contributed by atoms with van der Waals surface area (Å²) < 4.78 is 1.41. The first-order valence-corrected chi connectivity index (χ1v) is 9.08. The molecule has 0 amide bonds. The van der Waals surface area contributed by atoms with E-state index in [1.54, 1.807) is 0 Å². The Bertz CT molecular complexity index is 623. The van der Waals surface area contributed by atoms with Crippen LogP contribution >= 0.6 is 11.3 Å². The first-order chi connectivity index (χ1) is 10.1. The minimum absolute atomic E-state index is 0.592. The van der Waals surface area contributed by atoms with Crippen LogP contribution < -0.4 is 5.32 Å². The molecule has 0 radical (unpaired) electrons. The fourth-order valence-corrected chi connectivity index (χ4v) is 5.79. The third-order valence-electron chi connectivity index (χ3n) is 6.37. The molecule has 3 aliphatic rings. The maximum atomic E-state index is 3.86. The van der Waals surface area contributed by atoms with Crippen LogP contribution in [0.4, 0.5) is 0 Å². The smallest absolute Gasteiger partial charge is 0.0346 e. The zero-order valence-corrected chi connectivity index (χ0v) is 14.0. The number of thiophene rings is 1. The molecule has 1 aromatic heterocycles. The summed E-state index contributed by atoms with van der Waals surface area (Å²) in [5.41, 5.74) is 0.592. The molecule has 0 saturated heterocycles. The molecule has 1 aromatic carbocycles. The second kappa shape index (κ2) is 4.82. The van der Waals surface area contributed by atoms with Crippen molar-refractivity contribution in [2.24, 2.45) is 23.2 Å². The molecule has 3 fully saturated rings. The highest BCUT2D eigenvalue weighted by molar-refractivity contribution is 7.19. The van der Waals surface area contributed by atoms with Gasteiger partial charge in [0.15, 0.2) is 0 Å². The molecule has 0 aliphatic heterocycles. The minimum Gasteiger partial charge on any atom is -0.309 e. The summed E-state index contributed by atoms with van der Waals surface area (Å²) in [6, 6.07) is 11.8. The van der Waals surface area contributed by atoms with Crippen LogP contribution in [0.2, 0.25) is 0 Å². The fraction of sp³-hybridized carbons (Fsp3) is 0.579. The maximum absolute atomic E-state index is 3.86. The van der Waals surface area contributed by atoms with Crippen LogP contribution in [0.5, 0.6) is 0 Å². The third-order valence-corrected chi connectivity index (χ3v) is 7.49. The van der Waals surface area contributed by atoms with Gasteiger partial charge in [0, 0.05) is 22.2 Å². The molecule has 1 N–H and O–H groups in total. The molecule has 1 heterocycles. The molecule has 21 heavy (non-hydrogen) atoms. The van der Waals surface area contributed by atoms with Gasteiger partial charge in [-0.3, -0.25) is 0 Å². The van der Waals surface area contributed by atoms with E-state index < -0.39 is 0 Å². The summed E-state index contributed by atoms with van der Waals surface area (Å²) in [5, 5.41) is 5.25. The average Bonchev–Trinajstić information content (AvgIpc) is 2.88. The molecule has 3 aliphatic carbocycles. The van der Waals surface area contributed by atoms with Crippen LogP contribution in [-0.4, -0.2) is 6.04 Å². The van der Waals surface area contributed by atoms with Crippen LogP contribution in [-0.2, 0) is 6.54 Å². The number of hydrogen-bond donors (Lipinski definition) is 1. The van der Waals surface area contributed by atoms with E-state index in [0.29, 0.717) is 11.5 Å². The van der Waals surface area contributed by atoms with Gasteiger partial charge in [0.05, 0.1) is 0 Å². The molecule has 1 nitrogen and oxygen atoms in total. The Balaban J connectivity index is 1.43. The molecule has 0 spiro atoms. The van der Waals surface area contributed by atoms with Gasteiger partial charge in [-0.05, 0) is 53.5 Å².